The minimum Gasteiger partial charge on any atom is -0.388 e. The number of primary amides is 1. The SMILES string of the molecule is CC1(C)ON=C(C(N)=O)[C@H]1c1ccc(Cl)cc1. The Morgan fingerprint density at radius 1 is 1.41 bits per heavy atom. The third-order valence-corrected chi connectivity index (χ3v) is 3.06. The molecule has 1 heterocycles. The van der Waals surface area contributed by atoms with Crippen molar-refractivity contribution in [3.63, 3.8) is 0 Å². The van der Waals surface area contributed by atoms with Crippen LogP contribution in [0.5, 0.6) is 0 Å². The Hall–Kier alpha value is -1.55. The Labute approximate surface area is 104 Å². The van der Waals surface area contributed by atoms with E-state index in [1.807, 2.05) is 26.0 Å². The van der Waals surface area contributed by atoms with Gasteiger partial charge in [-0.25, -0.2) is 0 Å². The molecule has 2 N–H and O–H groups in total. The zero-order valence-corrected chi connectivity index (χ0v) is 10.4. The average molecular weight is 253 g/mol. The van der Waals surface area contributed by atoms with Gasteiger partial charge in [0.25, 0.3) is 5.91 Å². The summed E-state index contributed by atoms with van der Waals surface area (Å²) in [6, 6.07) is 7.23. The number of oxime groups is 1. The Bertz CT molecular complexity index is 480. The highest BCUT2D eigenvalue weighted by Crippen LogP contribution is 2.37. The monoisotopic (exact) mass is 252 g/mol. The fraction of sp³-hybridized carbons (Fsp3) is 0.333. The molecular weight excluding hydrogens is 240 g/mol. The molecule has 0 bridgehead atoms. The van der Waals surface area contributed by atoms with Gasteiger partial charge in [0, 0.05) is 5.02 Å². The van der Waals surface area contributed by atoms with Crippen LogP contribution < -0.4 is 5.73 Å². The zero-order chi connectivity index (χ0) is 12.6. The van der Waals surface area contributed by atoms with Gasteiger partial charge in [-0.1, -0.05) is 28.9 Å². The van der Waals surface area contributed by atoms with E-state index in [-0.39, 0.29) is 11.6 Å². The normalized spacial score (nSPS) is 21.8. The van der Waals surface area contributed by atoms with E-state index in [1.165, 1.54) is 0 Å². The molecule has 0 aliphatic carbocycles. The van der Waals surface area contributed by atoms with Crippen LogP contribution in [-0.2, 0) is 9.63 Å². The van der Waals surface area contributed by atoms with Crippen LogP contribution in [0, 0.1) is 0 Å². The molecule has 4 nitrogen and oxygen atoms in total. The van der Waals surface area contributed by atoms with Crippen LogP contribution in [0.3, 0.4) is 0 Å². The predicted octanol–water partition coefficient (Wildman–Crippen LogP) is 2.07. The first kappa shape index (κ1) is 11.9. The van der Waals surface area contributed by atoms with E-state index >= 15 is 0 Å². The molecular formula is C12H13ClN2O2. The van der Waals surface area contributed by atoms with Crippen molar-refractivity contribution in [2.75, 3.05) is 0 Å². The maximum atomic E-state index is 11.3. The fourth-order valence-corrected chi connectivity index (χ4v) is 2.13. The lowest BCUT2D eigenvalue weighted by Gasteiger charge is -2.24. The molecule has 0 aromatic heterocycles. The number of nitrogens with zero attached hydrogens (tertiary/aromatic N) is 1. The molecule has 0 saturated heterocycles. The average Bonchev–Trinajstić information content (AvgIpc) is 2.56. The number of carbonyl (C=O) groups is 1. The maximum absolute atomic E-state index is 11.3. The molecule has 1 atom stereocenters. The van der Waals surface area contributed by atoms with Crippen molar-refractivity contribution in [2.45, 2.75) is 25.4 Å². The van der Waals surface area contributed by atoms with Gasteiger partial charge in [0.05, 0.1) is 5.92 Å². The van der Waals surface area contributed by atoms with Crippen LogP contribution in [-0.4, -0.2) is 17.2 Å². The molecule has 1 aliphatic rings. The van der Waals surface area contributed by atoms with Crippen molar-refractivity contribution in [3.05, 3.63) is 34.9 Å². The summed E-state index contributed by atoms with van der Waals surface area (Å²) in [6.45, 7) is 3.73. The number of benzene rings is 1. The summed E-state index contributed by atoms with van der Waals surface area (Å²) in [6.07, 6.45) is 0. The quantitative estimate of drug-likeness (QED) is 0.876. The minimum absolute atomic E-state index is 0.248. The summed E-state index contributed by atoms with van der Waals surface area (Å²) >= 11 is 5.84. The lowest BCUT2D eigenvalue weighted by Crippen LogP contribution is -2.36. The van der Waals surface area contributed by atoms with Crippen molar-refractivity contribution in [1.82, 2.24) is 0 Å². The summed E-state index contributed by atoms with van der Waals surface area (Å²) in [7, 11) is 0. The van der Waals surface area contributed by atoms with Crippen molar-refractivity contribution in [3.8, 4) is 0 Å². The van der Waals surface area contributed by atoms with Crippen LogP contribution in [0.25, 0.3) is 0 Å². The first-order chi connectivity index (χ1) is 7.92. The number of rotatable bonds is 2. The number of carbonyl (C=O) groups excluding carboxylic acids is 1. The van der Waals surface area contributed by atoms with Crippen LogP contribution in [0.2, 0.25) is 5.02 Å². The number of hydrogen-bond acceptors (Lipinski definition) is 3. The molecule has 1 aliphatic heterocycles. The Morgan fingerprint density at radius 3 is 2.53 bits per heavy atom. The van der Waals surface area contributed by atoms with Crippen molar-refractivity contribution < 1.29 is 9.63 Å². The molecule has 1 aromatic carbocycles. The smallest absolute Gasteiger partial charge is 0.267 e. The van der Waals surface area contributed by atoms with Gasteiger partial charge in [0.2, 0.25) is 0 Å². The van der Waals surface area contributed by atoms with Gasteiger partial charge < -0.3 is 10.6 Å². The van der Waals surface area contributed by atoms with Crippen molar-refractivity contribution in [1.29, 1.82) is 0 Å². The molecule has 0 unspecified atom stereocenters. The van der Waals surface area contributed by atoms with Crippen LogP contribution >= 0.6 is 11.6 Å². The van der Waals surface area contributed by atoms with E-state index in [4.69, 9.17) is 22.2 Å². The number of nitrogens with two attached hydrogens (primary N) is 1. The van der Waals surface area contributed by atoms with Gasteiger partial charge in [-0.2, -0.15) is 0 Å². The number of amides is 1. The number of hydrogen-bond donors (Lipinski definition) is 1. The third kappa shape index (κ3) is 2.13. The zero-order valence-electron chi connectivity index (χ0n) is 9.61. The van der Waals surface area contributed by atoms with E-state index in [2.05, 4.69) is 5.16 Å². The standard InChI is InChI=1S/C12H13ClN2O2/c1-12(2)9(10(11(14)16)15-17-12)7-3-5-8(13)6-4-7/h3-6,9H,1-2H3,(H2,14,16)/t9-/m1/s1. The maximum Gasteiger partial charge on any atom is 0.267 e. The van der Waals surface area contributed by atoms with Crippen LogP contribution in [0.4, 0.5) is 0 Å². The summed E-state index contributed by atoms with van der Waals surface area (Å²) in [5.74, 6) is -0.826. The topological polar surface area (TPSA) is 64.7 Å². The highest BCUT2D eigenvalue weighted by Gasteiger charge is 2.44. The van der Waals surface area contributed by atoms with Crippen LogP contribution in [0.1, 0.15) is 25.3 Å². The molecule has 1 amide bonds. The first-order valence-corrected chi connectivity index (χ1v) is 5.61. The molecule has 1 aromatic rings. The second-order valence-corrected chi connectivity index (χ2v) is 4.96. The second kappa shape index (κ2) is 4.04. The second-order valence-electron chi connectivity index (χ2n) is 4.52. The summed E-state index contributed by atoms with van der Waals surface area (Å²) in [5.41, 5.74) is 5.87. The van der Waals surface area contributed by atoms with Gasteiger partial charge in [0.15, 0.2) is 5.71 Å². The molecule has 0 fully saturated rings. The van der Waals surface area contributed by atoms with Gasteiger partial charge in [0.1, 0.15) is 5.60 Å². The fourth-order valence-electron chi connectivity index (χ4n) is 2.00. The molecule has 0 spiro atoms. The first-order valence-electron chi connectivity index (χ1n) is 5.23. The molecule has 90 valence electrons. The number of halogens is 1. The highest BCUT2D eigenvalue weighted by molar-refractivity contribution is 6.41. The highest BCUT2D eigenvalue weighted by atomic mass is 35.5. The van der Waals surface area contributed by atoms with E-state index < -0.39 is 11.5 Å². The summed E-state index contributed by atoms with van der Waals surface area (Å²) in [5, 5.41) is 4.42. The van der Waals surface area contributed by atoms with Gasteiger partial charge in [-0.05, 0) is 31.5 Å². The summed E-state index contributed by atoms with van der Waals surface area (Å²) in [4.78, 5) is 16.6. The Kier molecular flexibility index (Phi) is 2.83. The lowest BCUT2D eigenvalue weighted by molar-refractivity contribution is -0.112. The van der Waals surface area contributed by atoms with Gasteiger partial charge >= 0.3 is 0 Å². The Morgan fingerprint density at radius 2 is 2.00 bits per heavy atom. The van der Waals surface area contributed by atoms with E-state index in [0.29, 0.717) is 5.02 Å². The third-order valence-electron chi connectivity index (χ3n) is 2.80. The molecule has 5 heteroatoms. The van der Waals surface area contributed by atoms with E-state index in [1.54, 1.807) is 12.1 Å². The minimum atomic E-state index is -0.585. The predicted molar refractivity (Wildman–Crippen MR) is 66.0 cm³/mol. The van der Waals surface area contributed by atoms with E-state index in [0.717, 1.165) is 5.56 Å². The van der Waals surface area contributed by atoms with Gasteiger partial charge in [-0.3, -0.25) is 4.79 Å². The van der Waals surface area contributed by atoms with E-state index in [9.17, 15) is 4.79 Å². The Balaban J connectivity index is 2.43. The summed E-state index contributed by atoms with van der Waals surface area (Å²) < 4.78 is 0. The van der Waals surface area contributed by atoms with Crippen molar-refractivity contribution >= 4 is 23.2 Å². The molecule has 0 saturated carbocycles. The van der Waals surface area contributed by atoms with Crippen molar-refractivity contribution in [2.24, 2.45) is 10.9 Å². The molecule has 0 radical (unpaired) electrons. The van der Waals surface area contributed by atoms with Crippen LogP contribution in [0.15, 0.2) is 29.4 Å². The van der Waals surface area contributed by atoms with Gasteiger partial charge in [-0.15, -0.1) is 0 Å². The molecule has 17 heavy (non-hydrogen) atoms. The largest absolute Gasteiger partial charge is 0.388 e. The lowest BCUT2D eigenvalue weighted by atomic mass is 9.81. The molecule has 2 rings (SSSR count).